The summed E-state index contributed by atoms with van der Waals surface area (Å²) in [5.41, 5.74) is 1.22. The number of para-hydroxylation sites is 2. The number of likely N-dealkylation sites (N-methyl/N-ethyl adjacent to an activating group) is 1. The smallest absolute Gasteiger partial charge is 0.371 e. The van der Waals surface area contributed by atoms with Gasteiger partial charge in [0.05, 0.1) is 17.8 Å². The lowest BCUT2D eigenvalue weighted by atomic mass is 10.1. The van der Waals surface area contributed by atoms with Crippen LogP contribution in [0.1, 0.15) is 30.4 Å². The van der Waals surface area contributed by atoms with Crippen LogP contribution in [0, 0.1) is 0 Å². The number of piperidine rings is 1. The van der Waals surface area contributed by atoms with E-state index in [0.29, 0.717) is 6.54 Å². The Kier molecular flexibility index (Phi) is 6.79. The van der Waals surface area contributed by atoms with Gasteiger partial charge in [0, 0.05) is 25.3 Å². The summed E-state index contributed by atoms with van der Waals surface area (Å²) >= 11 is 0. The van der Waals surface area contributed by atoms with Gasteiger partial charge in [-0.3, -0.25) is 9.69 Å². The van der Waals surface area contributed by atoms with Crippen LogP contribution in [0.25, 0.3) is 0 Å². The highest BCUT2D eigenvalue weighted by Gasteiger charge is 2.33. The first-order chi connectivity index (χ1) is 13.8. The number of rotatable bonds is 6. The average Bonchev–Trinajstić information content (AvgIpc) is 2.68. The van der Waals surface area contributed by atoms with Gasteiger partial charge in [0.1, 0.15) is 0 Å². The van der Waals surface area contributed by atoms with Crippen LogP contribution in [-0.2, 0) is 17.5 Å². The van der Waals surface area contributed by atoms with Gasteiger partial charge in [-0.25, -0.2) is 0 Å². The number of nitrogens with one attached hydrogen (secondary N) is 1. The zero-order chi connectivity index (χ0) is 20.9. The molecule has 1 heterocycles. The van der Waals surface area contributed by atoms with Crippen molar-refractivity contribution < 1.29 is 18.0 Å². The Hall–Kier alpha value is -2.54. The molecule has 0 aromatic heterocycles. The molecule has 1 aliphatic heterocycles. The van der Waals surface area contributed by atoms with Crippen LogP contribution in [0.5, 0.6) is 0 Å². The third-order valence-electron chi connectivity index (χ3n) is 5.05. The van der Waals surface area contributed by atoms with Crippen molar-refractivity contribution in [3.8, 4) is 0 Å². The molecule has 3 rings (SSSR count). The Morgan fingerprint density at radius 2 is 1.69 bits per heavy atom. The van der Waals surface area contributed by atoms with Gasteiger partial charge in [0.25, 0.3) is 0 Å². The number of amides is 1. The molecule has 0 unspecified atom stereocenters. The van der Waals surface area contributed by atoms with Crippen LogP contribution < -0.4 is 10.2 Å². The summed E-state index contributed by atoms with van der Waals surface area (Å²) in [6.45, 7) is 2.59. The average molecular weight is 405 g/mol. The molecule has 2 aromatic carbocycles. The highest BCUT2D eigenvalue weighted by atomic mass is 19.4. The number of benzene rings is 2. The summed E-state index contributed by atoms with van der Waals surface area (Å²) in [7, 11) is 1.79. The molecular formula is C22H26F3N3O. The van der Waals surface area contributed by atoms with Crippen molar-refractivity contribution >= 4 is 17.3 Å². The largest absolute Gasteiger partial charge is 0.418 e. The number of hydrogen-bond acceptors (Lipinski definition) is 3. The maximum Gasteiger partial charge on any atom is 0.418 e. The Balaban J connectivity index is 1.63. The Bertz CT molecular complexity index is 832. The van der Waals surface area contributed by atoms with Crippen LogP contribution in [0.15, 0.2) is 48.5 Å². The molecule has 2 aromatic rings. The van der Waals surface area contributed by atoms with Crippen molar-refractivity contribution in [2.24, 2.45) is 0 Å². The molecule has 1 N–H and O–H groups in total. The summed E-state index contributed by atoms with van der Waals surface area (Å²) < 4.78 is 39.3. The van der Waals surface area contributed by atoms with Gasteiger partial charge in [-0.2, -0.15) is 13.2 Å². The van der Waals surface area contributed by atoms with Gasteiger partial charge < -0.3 is 10.2 Å². The zero-order valence-corrected chi connectivity index (χ0v) is 16.5. The first kappa shape index (κ1) is 21.2. The third-order valence-corrected chi connectivity index (χ3v) is 5.05. The van der Waals surface area contributed by atoms with Crippen LogP contribution >= 0.6 is 0 Å². The van der Waals surface area contributed by atoms with Gasteiger partial charge >= 0.3 is 6.18 Å². The molecule has 1 amide bonds. The summed E-state index contributed by atoms with van der Waals surface area (Å²) in [5.74, 6) is -0.473. The van der Waals surface area contributed by atoms with Crippen molar-refractivity contribution in [1.29, 1.82) is 0 Å². The molecule has 0 atom stereocenters. The van der Waals surface area contributed by atoms with Crippen LogP contribution in [0.3, 0.4) is 0 Å². The molecule has 156 valence electrons. The van der Waals surface area contributed by atoms with E-state index in [1.54, 1.807) is 7.05 Å². The third kappa shape index (κ3) is 5.73. The number of carbonyl (C=O) groups is 1. The molecule has 0 saturated carbocycles. The molecule has 0 radical (unpaired) electrons. The second kappa shape index (κ2) is 9.31. The molecular weight excluding hydrogens is 379 g/mol. The Morgan fingerprint density at radius 1 is 1.03 bits per heavy atom. The fraction of sp³-hybridized carbons (Fsp3) is 0.409. The van der Waals surface area contributed by atoms with Crippen molar-refractivity contribution in [2.75, 3.05) is 36.9 Å². The first-order valence-corrected chi connectivity index (χ1v) is 9.82. The minimum absolute atomic E-state index is 0.000522. The highest BCUT2D eigenvalue weighted by molar-refractivity contribution is 5.93. The molecule has 4 nitrogen and oxygen atoms in total. The maximum atomic E-state index is 13.1. The van der Waals surface area contributed by atoms with E-state index >= 15 is 0 Å². The molecule has 1 saturated heterocycles. The molecule has 0 aliphatic carbocycles. The fourth-order valence-corrected chi connectivity index (χ4v) is 3.71. The normalized spacial score (nSPS) is 14.9. The van der Waals surface area contributed by atoms with Crippen LogP contribution in [0.2, 0.25) is 0 Å². The lowest BCUT2D eigenvalue weighted by Crippen LogP contribution is -2.33. The van der Waals surface area contributed by atoms with Gasteiger partial charge in [0.15, 0.2) is 0 Å². The van der Waals surface area contributed by atoms with E-state index in [4.69, 9.17) is 0 Å². The Morgan fingerprint density at radius 3 is 2.41 bits per heavy atom. The minimum Gasteiger partial charge on any atom is -0.371 e. The van der Waals surface area contributed by atoms with E-state index < -0.39 is 17.6 Å². The van der Waals surface area contributed by atoms with E-state index in [9.17, 15) is 18.0 Å². The minimum atomic E-state index is -4.51. The monoisotopic (exact) mass is 405 g/mol. The zero-order valence-electron chi connectivity index (χ0n) is 16.5. The predicted octanol–water partition coefficient (Wildman–Crippen LogP) is 4.77. The first-order valence-electron chi connectivity index (χ1n) is 9.82. The number of nitrogens with zero attached hydrogens (tertiary/aromatic N) is 2. The second-order valence-corrected chi connectivity index (χ2v) is 7.44. The number of alkyl halides is 3. The van der Waals surface area contributed by atoms with E-state index in [0.717, 1.165) is 24.7 Å². The standard InChI is InChI=1S/C22H26F3N3O/c1-27(15-17-9-3-6-12-20(17)28-13-7-2-8-14-28)16-21(29)26-19-11-5-4-10-18(19)22(23,24)25/h3-6,9-12H,2,7-8,13-16H2,1H3,(H,26,29). The topological polar surface area (TPSA) is 35.6 Å². The quantitative estimate of drug-likeness (QED) is 0.752. The SMILES string of the molecule is CN(CC(=O)Nc1ccccc1C(F)(F)F)Cc1ccccc1N1CCCCC1. The molecule has 1 fully saturated rings. The number of carbonyl (C=O) groups excluding carboxylic acids is 1. The second-order valence-electron chi connectivity index (χ2n) is 7.44. The van der Waals surface area contributed by atoms with E-state index in [-0.39, 0.29) is 12.2 Å². The van der Waals surface area contributed by atoms with Crippen LogP contribution in [-0.4, -0.2) is 37.5 Å². The van der Waals surface area contributed by atoms with Crippen LogP contribution in [0.4, 0.5) is 24.5 Å². The fourth-order valence-electron chi connectivity index (χ4n) is 3.71. The van der Waals surface area contributed by atoms with Gasteiger partial charge in [-0.1, -0.05) is 30.3 Å². The number of hydrogen-bond donors (Lipinski definition) is 1. The summed E-state index contributed by atoms with van der Waals surface area (Å²) in [6.07, 6.45) is -0.919. The van der Waals surface area contributed by atoms with Crippen molar-refractivity contribution in [3.05, 3.63) is 59.7 Å². The number of anilines is 2. The van der Waals surface area contributed by atoms with E-state index in [1.807, 2.05) is 23.1 Å². The summed E-state index contributed by atoms with van der Waals surface area (Å²) in [6, 6.07) is 13.1. The molecule has 1 aliphatic rings. The van der Waals surface area contributed by atoms with E-state index in [1.165, 1.54) is 43.1 Å². The lowest BCUT2D eigenvalue weighted by molar-refractivity contribution is -0.137. The van der Waals surface area contributed by atoms with E-state index in [2.05, 4.69) is 16.3 Å². The van der Waals surface area contributed by atoms with Crippen molar-refractivity contribution in [2.45, 2.75) is 32.0 Å². The van der Waals surface area contributed by atoms with Gasteiger partial charge in [-0.15, -0.1) is 0 Å². The lowest BCUT2D eigenvalue weighted by Gasteiger charge is -2.31. The molecule has 29 heavy (non-hydrogen) atoms. The summed E-state index contributed by atoms with van der Waals surface area (Å²) in [4.78, 5) is 16.5. The maximum absolute atomic E-state index is 13.1. The Labute approximate surface area is 169 Å². The van der Waals surface area contributed by atoms with Crippen molar-refractivity contribution in [1.82, 2.24) is 4.90 Å². The molecule has 0 spiro atoms. The molecule has 7 heteroatoms. The predicted molar refractivity (Wildman–Crippen MR) is 109 cm³/mol. The highest BCUT2D eigenvalue weighted by Crippen LogP contribution is 2.34. The number of halogens is 3. The van der Waals surface area contributed by atoms with Gasteiger partial charge in [-0.05, 0) is 50.1 Å². The molecule has 0 bridgehead atoms. The van der Waals surface area contributed by atoms with Crippen molar-refractivity contribution in [3.63, 3.8) is 0 Å². The van der Waals surface area contributed by atoms with Gasteiger partial charge in [0.2, 0.25) is 5.91 Å². The summed E-state index contributed by atoms with van der Waals surface area (Å²) in [5, 5.41) is 2.40.